The number of rotatable bonds is 2. The van der Waals surface area contributed by atoms with Crippen molar-refractivity contribution < 1.29 is 9.05 Å². The maximum absolute atomic E-state index is 5.38. The lowest BCUT2D eigenvalue weighted by atomic mass is 9.95. The van der Waals surface area contributed by atoms with Gasteiger partial charge in [0.25, 0.3) is 0 Å². The molecule has 0 atom stereocenters. The van der Waals surface area contributed by atoms with E-state index in [9.17, 15) is 0 Å². The van der Waals surface area contributed by atoms with Crippen molar-refractivity contribution >= 4 is 11.0 Å². The molecule has 6 heteroatoms. The van der Waals surface area contributed by atoms with Gasteiger partial charge in [0, 0.05) is 23.7 Å². The van der Waals surface area contributed by atoms with Gasteiger partial charge < -0.3 is 13.6 Å². The van der Waals surface area contributed by atoms with Crippen LogP contribution in [0, 0.1) is 27.7 Å². The normalized spacial score (nSPS) is 11.1. The van der Waals surface area contributed by atoms with Crippen molar-refractivity contribution in [2.45, 2.75) is 35.1 Å². The molecule has 0 unspecified atom stereocenters. The first-order valence-corrected chi connectivity index (χ1v) is 7.79. The van der Waals surface area contributed by atoms with Gasteiger partial charge in [-0.25, -0.2) is 4.98 Å². The lowest BCUT2D eigenvalue weighted by Gasteiger charge is -2.09. The lowest BCUT2D eigenvalue weighted by molar-refractivity contribution is 0.393. The third-order valence-electron chi connectivity index (χ3n) is 4.44. The second-order valence-corrected chi connectivity index (χ2v) is 6.15. The molecule has 4 aromatic rings. The van der Waals surface area contributed by atoms with Gasteiger partial charge in [0.05, 0.1) is 28.7 Å². The first-order valence-electron chi connectivity index (χ1n) is 7.79. The van der Waals surface area contributed by atoms with Gasteiger partial charge in [0.15, 0.2) is 0 Å². The zero-order valence-corrected chi connectivity index (χ0v) is 14.3. The Kier molecular flexibility index (Phi) is 3.99. The van der Waals surface area contributed by atoms with Crippen molar-refractivity contribution in [1.29, 1.82) is 0 Å². The minimum atomic E-state index is 0. The molecule has 6 nitrogen and oxygen atoms in total. The monoisotopic (exact) mass is 338 g/mol. The first-order chi connectivity index (χ1) is 11.5. The van der Waals surface area contributed by atoms with E-state index in [2.05, 4.69) is 27.4 Å². The van der Waals surface area contributed by atoms with E-state index in [1.165, 1.54) is 0 Å². The molecule has 3 heterocycles. The molecule has 3 aromatic heterocycles. The second-order valence-electron chi connectivity index (χ2n) is 6.15. The molecule has 0 N–H and O–H groups in total. The number of hydrogen-bond acceptors (Lipinski definition) is 5. The van der Waals surface area contributed by atoms with Crippen LogP contribution in [-0.2, 0) is 7.05 Å². The average molecular weight is 338 g/mol. The highest BCUT2D eigenvalue weighted by Crippen LogP contribution is 2.38. The second kappa shape index (κ2) is 5.88. The van der Waals surface area contributed by atoms with Gasteiger partial charge in [-0.1, -0.05) is 17.7 Å². The summed E-state index contributed by atoms with van der Waals surface area (Å²) in [6, 6.07) is 4.21. The summed E-state index contributed by atoms with van der Waals surface area (Å²) in [6.45, 7) is 7.76. The van der Waals surface area contributed by atoms with Crippen LogP contribution in [0.1, 0.15) is 30.3 Å². The molecule has 1 aromatic carbocycles. The van der Waals surface area contributed by atoms with Crippen LogP contribution in [-0.4, -0.2) is 19.9 Å². The average Bonchev–Trinajstić information content (AvgIpc) is 3.18. The molecule has 0 radical (unpaired) electrons. The molecule has 4 rings (SSSR count). The third-order valence-corrected chi connectivity index (χ3v) is 4.44. The van der Waals surface area contributed by atoms with Gasteiger partial charge in [-0.3, -0.25) is 0 Å². The van der Waals surface area contributed by atoms with E-state index in [4.69, 9.17) is 9.05 Å². The highest BCUT2D eigenvalue weighted by molar-refractivity contribution is 5.97. The van der Waals surface area contributed by atoms with E-state index >= 15 is 0 Å². The molecule has 0 aliphatic rings. The van der Waals surface area contributed by atoms with Crippen LogP contribution in [0.4, 0.5) is 0 Å². The Morgan fingerprint density at radius 1 is 0.880 bits per heavy atom. The molecule has 0 saturated heterocycles. The minimum absolute atomic E-state index is 0. The minimum Gasteiger partial charge on any atom is -0.361 e. The Bertz CT molecular complexity index is 1030. The Morgan fingerprint density at radius 3 is 2.04 bits per heavy atom. The summed E-state index contributed by atoms with van der Waals surface area (Å²) in [4.78, 5) is 4.54. The van der Waals surface area contributed by atoms with E-state index in [-0.39, 0.29) is 7.43 Å². The molecular weight excluding hydrogens is 316 g/mol. The quantitative estimate of drug-likeness (QED) is 0.527. The molecule has 0 amide bonds. The number of nitrogens with zero attached hydrogens (tertiary/aromatic N) is 4. The number of fused-ring (bicyclic) bond motifs is 1. The molecule has 0 bridgehead atoms. The molecule has 0 saturated carbocycles. The Morgan fingerprint density at radius 2 is 1.48 bits per heavy atom. The maximum atomic E-state index is 5.38. The highest BCUT2D eigenvalue weighted by Gasteiger charge is 2.20. The Hall–Kier alpha value is -2.89. The van der Waals surface area contributed by atoms with Crippen molar-refractivity contribution in [3.05, 3.63) is 41.4 Å². The standard InChI is InChI=1S/C18H18N4O2.CH4/c1-9-16(11(3)23-20-9)13-6-14(17-10(2)21-24-12(17)4)18-15(7-13)19-8-22(18)5;/h6-8H,1-5H3;1H4. The number of hydrogen-bond donors (Lipinski definition) is 0. The number of benzene rings is 1. The predicted octanol–water partition coefficient (Wildman–Crippen LogP) is 4.75. The van der Waals surface area contributed by atoms with Gasteiger partial charge in [-0.2, -0.15) is 0 Å². The van der Waals surface area contributed by atoms with Gasteiger partial charge in [0.1, 0.15) is 11.5 Å². The van der Waals surface area contributed by atoms with Crippen LogP contribution in [0.2, 0.25) is 0 Å². The summed E-state index contributed by atoms with van der Waals surface area (Å²) in [7, 11) is 1.99. The highest BCUT2D eigenvalue weighted by atomic mass is 16.5. The zero-order valence-electron chi connectivity index (χ0n) is 14.3. The van der Waals surface area contributed by atoms with Gasteiger partial charge >= 0.3 is 0 Å². The summed E-state index contributed by atoms with van der Waals surface area (Å²) < 4.78 is 12.7. The number of aromatic nitrogens is 4. The van der Waals surface area contributed by atoms with Crippen LogP contribution in [0.5, 0.6) is 0 Å². The lowest BCUT2D eigenvalue weighted by Crippen LogP contribution is -1.92. The van der Waals surface area contributed by atoms with E-state index in [0.29, 0.717) is 0 Å². The Labute approximate surface area is 146 Å². The summed E-state index contributed by atoms with van der Waals surface area (Å²) in [6.07, 6.45) is 1.82. The van der Waals surface area contributed by atoms with Gasteiger partial charge in [-0.05, 0) is 45.4 Å². The van der Waals surface area contributed by atoms with Crippen molar-refractivity contribution in [3.63, 3.8) is 0 Å². The van der Waals surface area contributed by atoms with Crippen LogP contribution >= 0.6 is 0 Å². The fraction of sp³-hybridized carbons (Fsp3) is 0.316. The van der Waals surface area contributed by atoms with Crippen LogP contribution < -0.4 is 0 Å². The van der Waals surface area contributed by atoms with E-state index in [1.54, 1.807) is 0 Å². The van der Waals surface area contributed by atoms with Crippen molar-refractivity contribution in [3.8, 4) is 22.3 Å². The summed E-state index contributed by atoms with van der Waals surface area (Å²) in [5, 5.41) is 8.18. The first kappa shape index (κ1) is 17.0. The van der Waals surface area contributed by atoms with Crippen LogP contribution in [0.15, 0.2) is 27.5 Å². The fourth-order valence-corrected chi connectivity index (χ4v) is 3.39. The summed E-state index contributed by atoms with van der Waals surface area (Å²) in [5.74, 6) is 1.60. The molecule has 130 valence electrons. The smallest absolute Gasteiger partial charge is 0.141 e. The van der Waals surface area contributed by atoms with Gasteiger partial charge in [0.2, 0.25) is 0 Å². The maximum Gasteiger partial charge on any atom is 0.141 e. The summed E-state index contributed by atoms with van der Waals surface area (Å²) in [5.41, 5.74) is 7.82. The Balaban J connectivity index is 0.00000182. The van der Waals surface area contributed by atoms with Crippen LogP contribution in [0.3, 0.4) is 0 Å². The van der Waals surface area contributed by atoms with Crippen molar-refractivity contribution in [1.82, 2.24) is 19.9 Å². The topological polar surface area (TPSA) is 69.9 Å². The number of aryl methyl sites for hydroxylation is 5. The SMILES string of the molecule is C.Cc1noc(C)c1-c1cc(-c2c(C)noc2C)c2c(c1)ncn2C. The third kappa shape index (κ3) is 2.45. The predicted molar refractivity (Wildman–Crippen MR) is 97.4 cm³/mol. The largest absolute Gasteiger partial charge is 0.361 e. The summed E-state index contributed by atoms with van der Waals surface area (Å²) >= 11 is 0. The molecule has 0 fully saturated rings. The molecule has 0 aliphatic carbocycles. The van der Waals surface area contributed by atoms with Gasteiger partial charge in [-0.15, -0.1) is 0 Å². The molecular formula is C19H22N4O2. The van der Waals surface area contributed by atoms with Crippen molar-refractivity contribution in [2.75, 3.05) is 0 Å². The van der Waals surface area contributed by atoms with Crippen LogP contribution in [0.25, 0.3) is 33.3 Å². The zero-order chi connectivity index (χ0) is 17.0. The van der Waals surface area contributed by atoms with E-state index < -0.39 is 0 Å². The number of imidazole rings is 1. The molecule has 0 spiro atoms. The molecule has 25 heavy (non-hydrogen) atoms. The fourth-order valence-electron chi connectivity index (χ4n) is 3.39. The molecule has 0 aliphatic heterocycles. The van der Waals surface area contributed by atoms with E-state index in [1.807, 2.05) is 45.6 Å². The van der Waals surface area contributed by atoms with Crippen molar-refractivity contribution in [2.24, 2.45) is 7.05 Å². The van der Waals surface area contributed by atoms with E-state index in [0.717, 1.165) is 56.2 Å².